The first-order valence-electron chi connectivity index (χ1n) is 8.54. The van der Waals surface area contributed by atoms with Crippen LogP contribution in [0.15, 0.2) is 30.3 Å². The molecule has 0 spiro atoms. The Morgan fingerprint density at radius 1 is 0.783 bits per heavy atom. The van der Waals surface area contributed by atoms with Crippen LogP contribution in [0, 0.1) is 13.8 Å². The Bertz CT molecular complexity index is 766. The Kier molecular flexibility index (Phi) is 3.88. The highest BCUT2D eigenvalue weighted by atomic mass is 35.5. The summed E-state index contributed by atoms with van der Waals surface area (Å²) in [7, 11) is 0. The lowest BCUT2D eigenvalue weighted by Crippen LogP contribution is -2.34. The molecule has 0 saturated heterocycles. The Balaban J connectivity index is 2.26. The van der Waals surface area contributed by atoms with Gasteiger partial charge >= 0.3 is 0 Å². The molecule has 1 aliphatic rings. The van der Waals surface area contributed by atoms with Crippen molar-refractivity contribution in [3.05, 3.63) is 57.6 Å². The van der Waals surface area contributed by atoms with Crippen molar-refractivity contribution < 1.29 is 0 Å². The van der Waals surface area contributed by atoms with Gasteiger partial charge in [-0.15, -0.1) is 0 Å². The zero-order valence-electron chi connectivity index (χ0n) is 15.2. The number of rotatable bonds is 1. The molecule has 0 aliphatic heterocycles. The summed E-state index contributed by atoms with van der Waals surface area (Å²) in [4.78, 5) is 0. The Labute approximate surface area is 145 Å². The van der Waals surface area contributed by atoms with Crippen LogP contribution in [0.1, 0.15) is 62.8 Å². The highest BCUT2D eigenvalue weighted by Crippen LogP contribution is 2.48. The van der Waals surface area contributed by atoms with E-state index in [1.165, 1.54) is 40.7 Å². The number of fused-ring (bicyclic) bond motifs is 1. The van der Waals surface area contributed by atoms with Crippen molar-refractivity contribution in [3.8, 4) is 11.1 Å². The van der Waals surface area contributed by atoms with Gasteiger partial charge < -0.3 is 0 Å². The lowest BCUT2D eigenvalue weighted by Gasteiger charge is -2.42. The zero-order valence-corrected chi connectivity index (χ0v) is 15.9. The van der Waals surface area contributed by atoms with Gasteiger partial charge in [-0.2, -0.15) is 0 Å². The van der Waals surface area contributed by atoms with Gasteiger partial charge in [0, 0.05) is 10.6 Å². The molecule has 3 rings (SSSR count). The number of aryl methyl sites for hydroxylation is 2. The van der Waals surface area contributed by atoms with Gasteiger partial charge in [0.25, 0.3) is 0 Å². The molecule has 0 N–H and O–H groups in total. The van der Waals surface area contributed by atoms with Crippen LogP contribution in [-0.2, 0) is 10.8 Å². The van der Waals surface area contributed by atoms with Crippen molar-refractivity contribution in [3.63, 3.8) is 0 Å². The normalized spacial score (nSPS) is 18.6. The van der Waals surface area contributed by atoms with Gasteiger partial charge in [-0.3, -0.25) is 0 Å². The van der Waals surface area contributed by atoms with E-state index in [1.807, 2.05) is 0 Å². The van der Waals surface area contributed by atoms with E-state index < -0.39 is 0 Å². The lowest BCUT2D eigenvalue weighted by molar-refractivity contribution is 0.332. The predicted molar refractivity (Wildman–Crippen MR) is 102 cm³/mol. The third-order valence-electron chi connectivity index (χ3n) is 5.61. The molecule has 0 fully saturated rings. The van der Waals surface area contributed by atoms with Crippen molar-refractivity contribution >= 4 is 11.6 Å². The summed E-state index contributed by atoms with van der Waals surface area (Å²) in [6.45, 7) is 13.8. The van der Waals surface area contributed by atoms with E-state index in [0.29, 0.717) is 0 Å². The first kappa shape index (κ1) is 16.6. The standard InChI is InChI=1S/C22H27Cl/c1-14-7-8-16(20(23)11-14)17-13-19-18(12-15(17)2)21(3,4)9-10-22(19,5)6/h7-8,11-13H,9-10H2,1-6H3. The Morgan fingerprint density at radius 3 is 1.91 bits per heavy atom. The first-order valence-corrected chi connectivity index (χ1v) is 8.92. The fraction of sp³-hybridized carbons (Fsp3) is 0.455. The van der Waals surface area contributed by atoms with Crippen molar-refractivity contribution in [1.29, 1.82) is 0 Å². The van der Waals surface area contributed by atoms with Crippen LogP contribution in [0.5, 0.6) is 0 Å². The van der Waals surface area contributed by atoms with E-state index in [9.17, 15) is 0 Å². The second kappa shape index (κ2) is 5.38. The zero-order chi connectivity index (χ0) is 17.0. The molecular weight excluding hydrogens is 300 g/mol. The molecule has 0 bridgehead atoms. The van der Waals surface area contributed by atoms with Crippen molar-refractivity contribution in [1.82, 2.24) is 0 Å². The highest BCUT2D eigenvalue weighted by molar-refractivity contribution is 6.33. The molecule has 122 valence electrons. The number of halogens is 1. The number of benzene rings is 2. The highest BCUT2D eigenvalue weighted by Gasteiger charge is 2.37. The number of hydrogen-bond acceptors (Lipinski definition) is 0. The van der Waals surface area contributed by atoms with E-state index >= 15 is 0 Å². The third-order valence-corrected chi connectivity index (χ3v) is 5.93. The van der Waals surface area contributed by atoms with Crippen molar-refractivity contribution in [2.24, 2.45) is 0 Å². The van der Waals surface area contributed by atoms with Crippen LogP contribution in [0.3, 0.4) is 0 Å². The molecule has 1 heteroatoms. The van der Waals surface area contributed by atoms with Crippen LogP contribution in [0.4, 0.5) is 0 Å². The summed E-state index contributed by atoms with van der Waals surface area (Å²) in [5.74, 6) is 0. The van der Waals surface area contributed by atoms with Crippen LogP contribution < -0.4 is 0 Å². The van der Waals surface area contributed by atoms with Gasteiger partial charge in [0.2, 0.25) is 0 Å². The van der Waals surface area contributed by atoms with Crippen LogP contribution in [0.2, 0.25) is 5.02 Å². The monoisotopic (exact) mass is 326 g/mol. The maximum atomic E-state index is 6.55. The second-order valence-corrected chi connectivity index (χ2v) is 8.87. The topological polar surface area (TPSA) is 0 Å². The van der Waals surface area contributed by atoms with Crippen molar-refractivity contribution in [2.75, 3.05) is 0 Å². The van der Waals surface area contributed by atoms with Crippen LogP contribution in [-0.4, -0.2) is 0 Å². The fourth-order valence-corrected chi connectivity index (χ4v) is 4.19. The second-order valence-electron chi connectivity index (χ2n) is 8.46. The predicted octanol–water partition coefficient (Wildman–Crippen LogP) is 6.97. The largest absolute Gasteiger partial charge is 0.0837 e. The Hall–Kier alpha value is -1.27. The summed E-state index contributed by atoms with van der Waals surface area (Å²) in [5.41, 5.74) is 8.44. The summed E-state index contributed by atoms with van der Waals surface area (Å²) < 4.78 is 0. The SMILES string of the molecule is Cc1ccc(-c2cc3c(cc2C)C(C)(C)CCC3(C)C)c(Cl)c1. The molecule has 2 aromatic rings. The minimum absolute atomic E-state index is 0.227. The molecule has 0 radical (unpaired) electrons. The smallest absolute Gasteiger partial charge is 0.0487 e. The van der Waals surface area contributed by atoms with Gasteiger partial charge in [-0.1, -0.05) is 57.5 Å². The lowest BCUT2D eigenvalue weighted by atomic mass is 9.62. The summed E-state index contributed by atoms with van der Waals surface area (Å²) in [6, 6.07) is 11.2. The fourth-order valence-electron chi connectivity index (χ4n) is 3.85. The van der Waals surface area contributed by atoms with Gasteiger partial charge in [0.1, 0.15) is 0 Å². The minimum Gasteiger partial charge on any atom is -0.0837 e. The molecule has 0 amide bonds. The van der Waals surface area contributed by atoms with Crippen LogP contribution >= 0.6 is 11.6 Å². The number of hydrogen-bond donors (Lipinski definition) is 0. The first-order chi connectivity index (χ1) is 10.6. The van der Waals surface area contributed by atoms with Gasteiger partial charge in [-0.25, -0.2) is 0 Å². The minimum atomic E-state index is 0.227. The molecule has 1 aliphatic carbocycles. The maximum absolute atomic E-state index is 6.55. The average Bonchev–Trinajstić information content (AvgIpc) is 2.44. The van der Waals surface area contributed by atoms with E-state index in [1.54, 1.807) is 0 Å². The Morgan fingerprint density at radius 2 is 1.35 bits per heavy atom. The molecule has 0 unspecified atom stereocenters. The van der Waals surface area contributed by atoms with Gasteiger partial charge in [0.15, 0.2) is 0 Å². The van der Waals surface area contributed by atoms with Gasteiger partial charge in [-0.05, 0) is 77.5 Å². The third kappa shape index (κ3) is 2.83. The van der Waals surface area contributed by atoms with E-state index in [0.717, 1.165) is 10.6 Å². The summed E-state index contributed by atoms with van der Waals surface area (Å²) in [6.07, 6.45) is 2.48. The van der Waals surface area contributed by atoms with Crippen LogP contribution in [0.25, 0.3) is 11.1 Å². The molecule has 0 saturated carbocycles. The molecule has 0 aromatic heterocycles. The molecule has 0 atom stereocenters. The molecule has 23 heavy (non-hydrogen) atoms. The maximum Gasteiger partial charge on any atom is 0.0487 e. The average molecular weight is 327 g/mol. The van der Waals surface area contributed by atoms with E-state index in [-0.39, 0.29) is 10.8 Å². The quantitative estimate of drug-likeness (QED) is 0.530. The molecule has 2 aromatic carbocycles. The summed E-state index contributed by atoms with van der Waals surface area (Å²) in [5, 5.41) is 0.848. The molecule has 0 nitrogen and oxygen atoms in total. The molecule has 0 heterocycles. The van der Waals surface area contributed by atoms with E-state index in [4.69, 9.17) is 11.6 Å². The molecular formula is C22H27Cl. The summed E-state index contributed by atoms with van der Waals surface area (Å²) >= 11 is 6.55. The van der Waals surface area contributed by atoms with Crippen molar-refractivity contribution in [2.45, 2.75) is 65.2 Å². The van der Waals surface area contributed by atoms with Gasteiger partial charge in [0.05, 0.1) is 0 Å². The van der Waals surface area contributed by atoms with E-state index in [2.05, 4.69) is 71.9 Å².